The quantitative estimate of drug-likeness (QED) is 0.0216. The molecule has 3 aromatic heterocycles. The fourth-order valence-corrected chi connectivity index (χ4v) is 19.1. The minimum absolute atomic E-state index is 0.0000479. The number of nitrogens with two attached hydrogens (primary N) is 1. The molecule has 2 aromatic carbocycles. The second kappa shape index (κ2) is 46.7. The zero-order valence-corrected chi connectivity index (χ0v) is 75.8. The number of carbonyl (C=O) groups is 8. The summed E-state index contributed by atoms with van der Waals surface area (Å²) in [6, 6.07) is 10.6. The van der Waals surface area contributed by atoms with E-state index in [1.807, 2.05) is 97.0 Å². The molecule has 692 valence electrons. The number of nitrogens with one attached hydrogen (secondary N) is 2. The number of sulfone groups is 1. The van der Waals surface area contributed by atoms with E-state index in [4.69, 9.17) is 34.2 Å². The van der Waals surface area contributed by atoms with Crippen molar-refractivity contribution in [3.05, 3.63) is 155 Å². The van der Waals surface area contributed by atoms with Crippen LogP contribution < -0.4 is 30.9 Å². The van der Waals surface area contributed by atoms with Crippen LogP contribution in [0.5, 0.6) is 5.75 Å². The highest BCUT2D eigenvalue weighted by Crippen LogP contribution is 2.36. The van der Waals surface area contributed by atoms with E-state index in [-0.39, 0.29) is 129 Å². The molecule has 1 saturated carbocycles. The van der Waals surface area contributed by atoms with Gasteiger partial charge in [0.2, 0.25) is 23.6 Å². The van der Waals surface area contributed by atoms with Crippen LogP contribution in [0.3, 0.4) is 0 Å². The number of aliphatic hydroxyl groups is 1. The van der Waals surface area contributed by atoms with Crippen molar-refractivity contribution >= 4 is 74.8 Å². The molecule has 5 fully saturated rings. The second-order valence-corrected chi connectivity index (χ2v) is 37.3. The number of benzene rings is 2. The Balaban J connectivity index is 0.519. The topological polar surface area (TPSA) is 380 Å². The van der Waals surface area contributed by atoms with Crippen molar-refractivity contribution in [3.8, 4) is 16.9 Å². The molecule has 7 aliphatic rings. The predicted octanol–water partition coefficient (Wildman–Crippen LogP) is 10.7. The van der Waals surface area contributed by atoms with Crippen LogP contribution in [-0.2, 0) is 70.6 Å². The number of aliphatic hydroxyl groups excluding tert-OH is 1. The number of piperidine rings is 1. The first-order valence-electron chi connectivity index (χ1n) is 45.5. The number of anilines is 3. The molecular weight excluding hydrogens is 1660 g/mol. The number of cyclic esters (lactones) is 1. The SMILES string of the molecule is CO[C@H]1CC2CCCC(O2)C(=O)C(=O)N2CCCC[C@H]2C(=O)O[C@H](CCC2CCC(OC(=O)NCc3cnc(N4CCN(C(=O)CCOCCN5CCN(c6ncc(C(=O)NCCS(=O)(=O)c7ccc(C(=O)N8CCOc9ccc(-c%10ccc(N)nc%10)cc9C8)c(C)c7F)cn6)CC5)CC4)nc3)CC2)CC[C@H](C)/C=C(\C)[C@@H](O)CC(=O)[C@H](C)C[C@H](C)/C=C/C=CC=C1C. The number of hydrogen-bond acceptors (Lipinski definition) is 26. The van der Waals surface area contributed by atoms with E-state index in [0.29, 0.717) is 184 Å². The Morgan fingerprint density at radius 2 is 1.43 bits per heavy atom. The maximum atomic E-state index is 16.0. The zero-order chi connectivity index (χ0) is 91.0. The molecular formula is C95H127FN14O17S. The fourth-order valence-electron chi connectivity index (χ4n) is 17.8. The summed E-state index contributed by atoms with van der Waals surface area (Å²) < 4.78 is 79.5. The third-order valence-corrected chi connectivity index (χ3v) is 27.5. The van der Waals surface area contributed by atoms with Crippen molar-refractivity contribution < 1.29 is 84.7 Å². The molecule has 5 aromatic rings. The van der Waals surface area contributed by atoms with Crippen LogP contribution in [-0.4, -0.2) is 259 Å². The monoisotopic (exact) mass is 1790 g/mol. The number of nitrogen functional groups attached to an aromatic ring is 1. The number of fused-ring (bicyclic) bond motifs is 4. The Kier molecular flexibility index (Phi) is 35.3. The number of pyridine rings is 1. The van der Waals surface area contributed by atoms with E-state index in [9.17, 15) is 51.9 Å². The highest BCUT2D eigenvalue weighted by molar-refractivity contribution is 7.91. The number of rotatable bonds is 22. The van der Waals surface area contributed by atoms with Gasteiger partial charge in [-0.2, -0.15) is 0 Å². The molecule has 33 heteroatoms. The number of ether oxygens (including phenoxy) is 6. The Hall–Kier alpha value is -10.5. The van der Waals surface area contributed by atoms with Crippen LogP contribution >= 0.6 is 0 Å². The first kappa shape index (κ1) is 96.6. The van der Waals surface area contributed by atoms with Crippen molar-refractivity contribution in [2.75, 3.05) is 127 Å². The molecule has 0 radical (unpaired) electrons. The number of allylic oxidation sites excluding steroid dienone is 6. The number of ketones is 2. The number of alkyl carbamates (subject to hydrolysis) is 1. The van der Waals surface area contributed by atoms with Crippen LogP contribution in [0.25, 0.3) is 11.1 Å². The molecule has 5 amide bonds. The van der Waals surface area contributed by atoms with Gasteiger partial charge in [0.1, 0.15) is 59.0 Å². The van der Waals surface area contributed by atoms with E-state index >= 15 is 4.39 Å². The summed E-state index contributed by atoms with van der Waals surface area (Å²) in [6.07, 6.45) is 26.2. The van der Waals surface area contributed by atoms with Gasteiger partial charge in [-0.05, 0) is 194 Å². The lowest BCUT2D eigenvalue weighted by molar-refractivity contribution is -0.167. The zero-order valence-electron chi connectivity index (χ0n) is 75.0. The molecule has 128 heavy (non-hydrogen) atoms. The van der Waals surface area contributed by atoms with Crippen molar-refractivity contribution in [1.29, 1.82) is 0 Å². The van der Waals surface area contributed by atoms with Gasteiger partial charge in [-0.25, -0.2) is 47.3 Å². The fraction of sp³-hybridized carbons (Fsp3) is 0.568. The maximum absolute atomic E-state index is 16.0. The Morgan fingerprint density at radius 1 is 0.703 bits per heavy atom. The molecule has 2 bridgehead atoms. The van der Waals surface area contributed by atoms with E-state index in [2.05, 4.69) is 53.5 Å². The molecule has 5 N–H and O–H groups in total. The van der Waals surface area contributed by atoms with Crippen molar-refractivity contribution in [3.63, 3.8) is 0 Å². The highest BCUT2D eigenvalue weighted by Gasteiger charge is 2.42. The number of carbonyl (C=O) groups excluding carboxylic acids is 8. The summed E-state index contributed by atoms with van der Waals surface area (Å²) in [5, 5.41) is 16.7. The van der Waals surface area contributed by atoms with Crippen molar-refractivity contribution in [1.82, 2.24) is 55.2 Å². The number of nitrogens with zero attached hydrogens (tertiary/aromatic N) is 11. The third-order valence-electron chi connectivity index (χ3n) is 25.7. The third kappa shape index (κ3) is 27.1. The molecule has 9 atom stereocenters. The van der Waals surface area contributed by atoms with Gasteiger partial charge < -0.3 is 74.4 Å². The summed E-state index contributed by atoms with van der Waals surface area (Å²) in [4.78, 5) is 142. The molecule has 12 rings (SSSR count). The Morgan fingerprint density at radius 3 is 2.16 bits per heavy atom. The number of hydrogen-bond donors (Lipinski definition) is 4. The minimum atomic E-state index is -4.26. The lowest BCUT2D eigenvalue weighted by Crippen LogP contribution is -2.54. The number of halogens is 1. The summed E-state index contributed by atoms with van der Waals surface area (Å²) in [7, 11) is -2.61. The standard InChI is InChI=1S/C95H127FN14O17S/c1-62-14-9-8-10-15-64(3)83(122-7)53-76-16-13-18-82(125-76)88(114)91(117)110-35-12-11-17-78(110)92(118)126-74(25-19-63(2)51-66(5)80(112)54-79(111)65(4)50-62)26-20-68-21-27-75(28-22-68)127-95(119)104-57-69-55-100-93(101-56-69)108-42-40-106(41-43-108)86(113)33-46-123-47-44-105-36-38-107(39-37-105)94-102-59-73(60-103-94)89(115)98-34-49-128(120,121)84-31-29-77(67(6)87(84)96)90(116)109-45-48-124-81-30-23-70(52-72(81)61-109)71-24-32-85(97)99-58-71/h8-10,14-15,23-24,29-32,51-52,55-56,58-60,62-63,65,68,74-76,78,80,82-83,112H,11-13,16-22,25-28,33-50,53-54,57,61H2,1-7H3,(H2,97,99)(H,98,115)(H,104,119)/b10-8?,14-9+,64-15?,66-51+/t62-,63+,65-,68?,74+,75?,76?,78+,80+,82?,83+/m1/s1. The lowest BCUT2D eigenvalue weighted by Gasteiger charge is -2.36. The average Bonchev–Trinajstić information content (AvgIpc) is 1.49. The summed E-state index contributed by atoms with van der Waals surface area (Å²) in [5.74, 6) is -2.56. The number of amides is 5. The number of piperazine rings is 2. The van der Waals surface area contributed by atoms with Crippen LogP contribution in [0.2, 0.25) is 0 Å². The number of Topliss-reactive ketones (excluding diaryl/α,β-unsaturated/α-hetero) is 2. The van der Waals surface area contributed by atoms with E-state index in [1.54, 1.807) is 31.8 Å². The summed E-state index contributed by atoms with van der Waals surface area (Å²) in [6.45, 7) is 18.0. The highest BCUT2D eigenvalue weighted by atomic mass is 32.2. The van der Waals surface area contributed by atoms with Gasteiger partial charge in [0.15, 0.2) is 9.84 Å². The summed E-state index contributed by atoms with van der Waals surface area (Å²) >= 11 is 0. The molecule has 6 aliphatic heterocycles. The van der Waals surface area contributed by atoms with Gasteiger partial charge in [-0.1, -0.05) is 63.3 Å². The summed E-state index contributed by atoms with van der Waals surface area (Å²) in [5.41, 5.74) is 10.6. The smallest absolute Gasteiger partial charge is 0.407 e. The van der Waals surface area contributed by atoms with E-state index in [0.717, 1.165) is 47.6 Å². The molecule has 4 saturated heterocycles. The number of aromatic nitrogens is 5. The van der Waals surface area contributed by atoms with E-state index in [1.165, 1.54) is 35.2 Å². The van der Waals surface area contributed by atoms with Crippen LogP contribution in [0.15, 0.2) is 126 Å². The number of esters is 1. The predicted molar refractivity (Wildman–Crippen MR) is 480 cm³/mol. The van der Waals surface area contributed by atoms with Gasteiger partial charge in [0, 0.05) is 164 Å². The number of methoxy groups -OCH3 is 1. The van der Waals surface area contributed by atoms with Crippen molar-refractivity contribution in [2.24, 2.45) is 23.7 Å². The average molecular weight is 1790 g/mol. The molecule has 0 spiro atoms. The molecule has 2 unspecified atom stereocenters. The van der Waals surface area contributed by atoms with Crippen LogP contribution in [0.4, 0.5) is 26.9 Å². The second-order valence-electron chi connectivity index (χ2n) is 35.2. The van der Waals surface area contributed by atoms with Crippen molar-refractivity contribution in [2.45, 2.75) is 218 Å². The van der Waals surface area contributed by atoms with Gasteiger partial charge in [0.25, 0.3) is 17.7 Å². The maximum Gasteiger partial charge on any atom is 0.407 e. The van der Waals surface area contributed by atoms with E-state index < -0.39 is 86.2 Å². The lowest BCUT2D eigenvalue weighted by atomic mass is 9.83. The Labute approximate surface area is 750 Å². The largest absolute Gasteiger partial charge is 0.491 e. The van der Waals surface area contributed by atoms with Gasteiger partial charge in [-0.3, -0.25) is 33.7 Å². The van der Waals surface area contributed by atoms with Gasteiger partial charge in [-0.15, -0.1) is 0 Å². The van der Waals surface area contributed by atoms with Gasteiger partial charge in [0.05, 0.1) is 55.8 Å². The molecule has 31 nitrogen and oxygen atoms in total. The normalized spacial score (nSPS) is 25.1. The molecule has 1 aliphatic carbocycles. The van der Waals surface area contributed by atoms with Crippen LogP contribution in [0, 0.1) is 36.4 Å². The first-order valence-corrected chi connectivity index (χ1v) is 47.2. The van der Waals surface area contributed by atoms with Gasteiger partial charge >= 0.3 is 12.1 Å². The first-order chi connectivity index (χ1) is 61.6. The Bertz CT molecular complexity index is 4880. The minimum Gasteiger partial charge on any atom is -0.491 e. The van der Waals surface area contributed by atoms with Crippen LogP contribution in [0.1, 0.15) is 188 Å². The molecule has 9 heterocycles.